The summed E-state index contributed by atoms with van der Waals surface area (Å²) in [5, 5.41) is 7.05. The van der Waals surface area contributed by atoms with Gasteiger partial charge in [-0.1, -0.05) is 29.8 Å². The van der Waals surface area contributed by atoms with Crippen LogP contribution in [0.5, 0.6) is 0 Å². The molecule has 0 radical (unpaired) electrons. The minimum absolute atomic E-state index is 0.0161. The first-order valence-corrected chi connectivity index (χ1v) is 12.5. The van der Waals surface area contributed by atoms with E-state index in [1.54, 1.807) is 12.3 Å². The predicted octanol–water partition coefficient (Wildman–Crippen LogP) is 5.25. The van der Waals surface area contributed by atoms with E-state index in [1.807, 2.05) is 42.6 Å². The van der Waals surface area contributed by atoms with Gasteiger partial charge in [0.1, 0.15) is 6.21 Å². The van der Waals surface area contributed by atoms with E-state index in [0.29, 0.717) is 10.6 Å². The molecule has 180 valence electrons. The van der Waals surface area contributed by atoms with Crippen molar-refractivity contribution < 1.29 is 9.37 Å². The summed E-state index contributed by atoms with van der Waals surface area (Å²) in [6.45, 7) is 8.06. The van der Waals surface area contributed by atoms with Gasteiger partial charge in [0.25, 0.3) is 11.7 Å². The second-order valence-electron chi connectivity index (χ2n) is 9.11. The highest BCUT2D eigenvalue weighted by molar-refractivity contribution is 6.31. The van der Waals surface area contributed by atoms with Gasteiger partial charge in [-0.2, -0.15) is 0 Å². The van der Waals surface area contributed by atoms with Gasteiger partial charge in [-0.25, -0.2) is 9.56 Å². The average Bonchev–Trinajstić information content (AvgIpc) is 3.35. The van der Waals surface area contributed by atoms with Gasteiger partial charge >= 0.3 is 5.82 Å². The number of rotatable bonds is 8. The first-order valence-electron chi connectivity index (χ1n) is 12.2. The second-order valence-corrected chi connectivity index (χ2v) is 9.52. The molecule has 1 unspecified atom stereocenters. The highest BCUT2D eigenvalue weighted by Crippen LogP contribution is 2.26. The standard InChI is InChI=1S/C27H29ClN6O/c1-3-34-17-24-26(34)32-25(15-29-24)30-18(2)19-7-6-8-22(13-19)31-27(35)20-9-10-21(23(28)14-20)16-33-11-4-5-12-33/h6-10,13-15,17-18H,3-5,11-12,16H2,1-2H3,(H,31,35)/p+1. The number of hydrogen-bond acceptors (Lipinski definition) is 5. The van der Waals surface area contributed by atoms with Crippen LogP contribution in [0.25, 0.3) is 0 Å². The molecule has 7 nitrogen and oxygen atoms in total. The lowest BCUT2D eigenvalue weighted by Crippen LogP contribution is -2.22. The molecule has 0 saturated carbocycles. The lowest BCUT2D eigenvalue weighted by Gasteiger charge is -2.17. The number of hydrogen-bond donors (Lipinski definition) is 2. The van der Waals surface area contributed by atoms with Gasteiger partial charge < -0.3 is 10.6 Å². The number of anilines is 2. The molecule has 2 aliphatic rings. The number of nitrogens with one attached hydrogen (secondary N) is 2. The Bertz CT molecular complexity index is 1280. The zero-order valence-corrected chi connectivity index (χ0v) is 20.8. The van der Waals surface area contributed by atoms with Crippen LogP contribution in [0.2, 0.25) is 5.02 Å². The third kappa shape index (κ3) is 5.21. The molecule has 8 heteroatoms. The summed E-state index contributed by atoms with van der Waals surface area (Å²) in [6.07, 6.45) is 6.22. The van der Waals surface area contributed by atoms with Gasteiger partial charge in [-0.3, -0.25) is 9.69 Å². The average molecular weight is 490 g/mol. The molecule has 1 atom stereocenters. The Morgan fingerprint density at radius 2 is 2.03 bits per heavy atom. The van der Waals surface area contributed by atoms with Crippen LogP contribution in [0, 0.1) is 0 Å². The third-order valence-electron chi connectivity index (χ3n) is 6.59. The summed E-state index contributed by atoms with van der Waals surface area (Å²) in [6, 6.07) is 13.4. The summed E-state index contributed by atoms with van der Waals surface area (Å²) >= 11 is 6.51. The molecule has 1 aromatic heterocycles. The van der Waals surface area contributed by atoms with Crippen LogP contribution < -0.4 is 10.6 Å². The third-order valence-corrected chi connectivity index (χ3v) is 6.94. The van der Waals surface area contributed by atoms with E-state index in [-0.39, 0.29) is 11.9 Å². The fourth-order valence-corrected chi connectivity index (χ4v) is 4.78. The van der Waals surface area contributed by atoms with Crippen molar-refractivity contribution in [3.05, 3.63) is 76.1 Å². The lowest BCUT2D eigenvalue weighted by molar-refractivity contribution is -0.447. The Kier molecular flexibility index (Phi) is 6.79. The molecule has 3 aromatic rings. The number of carbonyl (C=O) groups is 1. The van der Waals surface area contributed by atoms with Crippen molar-refractivity contribution in [3.8, 4) is 0 Å². The van der Waals surface area contributed by atoms with Gasteiger partial charge in [0, 0.05) is 22.8 Å². The molecular weight excluding hydrogens is 460 g/mol. The van der Waals surface area contributed by atoms with E-state index in [4.69, 9.17) is 11.6 Å². The maximum Gasteiger partial charge on any atom is 0.355 e. The van der Waals surface area contributed by atoms with Crippen LogP contribution in [0.1, 0.15) is 59.9 Å². The first-order chi connectivity index (χ1) is 17.0. The van der Waals surface area contributed by atoms with E-state index in [1.165, 1.54) is 12.8 Å². The van der Waals surface area contributed by atoms with Crippen molar-refractivity contribution in [1.82, 2.24) is 14.9 Å². The summed E-state index contributed by atoms with van der Waals surface area (Å²) in [5.74, 6) is 1.44. The molecule has 1 saturated heterocycles. The van der Waals surface area contributed by atoms with Crippen LogP contribution in [0.3, 0.4) is 0 Å². The number of aromatic nitrogens is 2. The van der Waals surface area contributed by atoms with E-state index in [9.17, 15) is 4.79 Å². The molecule has 3 heterocycles. The fourth-order valence-electron chi connectivity index (χ4n) is 4.54. The molecule has 1 amide bonds. The monoisotopic (exact) mass is 489 g/mol. The number of nitrogens with zero attached hydrogens (tertiary/aromatic N) is 4. The number of carbonyl (C=O) groups excluding carboxylic acids is 1. The van der Waals surface area contributed by atoms with Crippen molar-refractivity contribution in [2.24, 2.45) is 0 Å². The maximum absolute atomic E-state index is 12.9. The normalized spacial score (nSPS) is 15.7. The Hall–Kier alpha value is -3.29. The molecule has 2 N–H and O–H groups in total. The van der Waals surface area contributed by atoms with E-state index < -0.39 is 0 Å². The summed E-state index contributed by atoms with van der Waals surface area (Å²) in [4.78, 5) is 24.4. The Labute approximate surface area is 210 Å². The van der Waals surface area contributed by atoms with Gasteiger partial charge in [0.15, 0.2) is 5.69 Å². The van der Waals surface area contributed by atoms with E-state index in [2.05, 4.69) is 43.9 Å². The molecule has 2 aliphatic heterocycles. The molecule has 0 bridgehead atoms. The van der Waals surface area contributed by atoms with Crippen LogP contribution in [-0.4, -0.2) is 51.2 Å². The second kappa shape index (κ2) is 10.1. The van der Waals surface area contributed by atoms with Gasteiger partial charge in [0.2, 0.25) is 0 Å². The molecule has 0 aliphatic carbocycles. The Morgan fingerprint density at radius 3 is 2.80 bits per heavy atom. The topological polar surface area (TPSA) is 73.2 Å². The highest BCUT2D eigenvalue weighted by Gasteiger charge is 2.28. The number of halogens is 1. The van der Waals surface area contributed by atoms with Crippen LogP contribution >= 0.6 is 11.6 Å². The fraction of sp³-hybridized carbons (Fsp3) is 0.333. The lowest BCUT2D eigenvalue weighted by atomic mass is 10.1. The number of benzene rings is 2. The van der Waals surface area contributed by atoms with Crippen LogP contribution in [0.15, 0.2) is 48.7 Å². The molecular formula is C27H30ClN6O+. The number of fused-ring (bicyclic) bond motifs is 1. The van der Waals surface area contributed by atoms with Crippen molar-refractivity contribution in [2.45, 2.75) is 39.3 Å². The zero-order valence-electron chi connectivity index (χ0n) is 20.1. The van der Waals surface area contributed by atoms with E-state index in [0.717, 1.165) is 60.3 Å². The first kappa shape index (κ1) is 23.5. The number of amides is 1. The summed E-state index contributed by atoms with van der Waals surface area (Å²) in [5.41, 5.74) is 4.29. The smallest absolute Gasteiger partial charge is 0.342 e. The van der Waals surface area contributed by atoms with Crippen molar-refractivity contribution in [3.63, 3.8) is 0 Å². The zero-order chi connectivity index (χ0) is 24.4. The quantitative estimate of drug-likeness (QED) is 0.423. The van der Waals surface area contributed by atoms with Gasteiger partial charge in [0.05, 0.1) is 18.8 Å². The largest absolute Gasteiger partial charge is 0.355 e. The maximum atomic E-state index is 12.9. The Morgan fingerprint density at radius 1 is 1.20 bits per heavy atom. The predicted molar refractivity (Wildman–Crippen MR) is 140 cm³/mol. The van der Waals surface area contributed by atoms with Gasteiger partial charge in [-0.05, 0) is 80.2 Å². The Balaban J connectivity index is 1.23. The van der Waals surface area contributed by atoms with Crippen LogP contribution in [0.4, 0.5) is 17.3 Å². The van der Waals surface area contributed by atoms with Crippen LogP contribution in [-0.2, 0) is 6.54 Å². The molecule has 0 spiro atoms. The minimum Gasteiger partial charge on any atom is -0.342 e. The molecule has 1 fully saturated rings. The highest BCUT2D eigenvalue weighted by atomic mass is 35.5. The SMILES string of the molecule is CC[N+]1=Cc2ncc(NC(C)c3cccc(NC(=O)c4ccc(CN5CCCC5)c(Cl)c4)c3)nc21. The molecule has 5 rings (SSSR count). The van der Waals surface area contributed by atoms with Gasteiger partial charge in [-0.15, -0.1) is 0 Å². The van der Waals surface area contributed by atoms with Crippen molar-refractivity contribution in [2.75, 3.05) is 30.3 Å². The molecule has 35 heavy (non-hydrogen) atoms. The summed E-state index contributed by atoms with van der Waals surface area (Å²) in [7, 11) is 0. The molecule has 2 aromatic carbocycles. The number of likely N-dealkylation sites (tertiary alicyclic amines) is 1. The van der Waals surface area contributed by atoms with E-state index >= 15 is 0 Å². The van der Waals surface area contributed by atoms with Crippen molar-refractivity contribution in [1.29, 1.82) is 0 Å². The van der Waals surface area contributed by atoms with Crippen molar-refractivity contribution >= 4 is 41.0 Å². The summed E-state index contributed by atoms with van der Waals surface area (Å²) < 4.78 is 2.07. The minimum atomic E-state index is -0.179.